The van der Waals surface area contributed by atoms with Gasteiger partial charge in [-0.2, -0.15) is 0 Å². The van der Waals surface area contributed by atoms with Gasteiger partial charge in [-0.1, -0.05) is 20.8 Å². The van der Waals surface area contributed by atoms with Gasteiger partial charge in [0.25, 0.3) is 5.56 Å². The lowest BCUT2D eigenvalue weighted by Gasteiger charge is -2.13. The Morgan fingerprint density at radius 3 is 2.68 bits per heavy atom. The summed E-state index contributed by atoms with van der Waals surface area (Å²) in [5.41, 5.74) is -0.291. The highest BCUT2D eigenvalue weighted by Gasteiger charge is 2.16. The van der Waals surface area contributed by atoms with Gasteiger partial charge in [-0.15, -0.1) is 0 Å². The van der Waals surface area contributed by atoms with Crippen LogP contribution in [0.5, 0.6) is 5.75 Å². The molecule has 0 spiro atoms. The molecule has 6 heteroatoms. The standard InChI is InChI=1S/C16H23N3O3/c1-5-10-22-12-6-8-17-14-13(12)15(20)19(9-7-11(2)3)16(21)18(14)4/h6,8,11H,5,7,9-10H2,1-4H3. The van der Waals surface area contributed by atoms with Crippen LogP contribution in [0.15, 0.2) is 21.9 Å². The van der Waals surface area contributed by atoms with Crippen molar-refractivity contribution in [3.05, 3.63) is 33.1 Å². The Hall–Kier alpha value is -2.11. The van der Waals surface area contributed by atoms with Gasteiger partial charge in [0, 0.05) is 19.8 Å². The molecule has 22 heavy (non-hydrogen) atoms. The summed E-state index contributed by atoms with van der Waals surface area (Å²) < 4.78 is 8.35. The number of nitrogens with zero attached hydrogens (tertiary/aromatic N) is 3. The third-order valence-corrected chi connectivity index (χ3v) is 3.58. The van der Waals surface area contributed by atoms with E-state index in [0.29, 0.717) is 35.9 Å². The molecule has 2 aromatic heterocycles. The summed E-state index contributed by atoms with van der Waals surface area (Å²) in [5, 5.41) is 0.377. The van der Waals surface area contributed by atoms with E-state index < -0.39 is 0 Å². The summed E-state index contributed by atoms with van der Waals surface area (Å²) in [6.45, 7) is 7.05. The number of hydrogen-bond acceptors (Lipinski definition) is 4. The van der Waals surface area contributed by atoms with E-state index in [0.717, 1.165) is 12.8 Å². The lowest BCUT2D eigenvalue weighted by atomic mass is 10.1. The van der Waals surface area contributed by atoms with Crippen LogP contribution in [0.1, 0.15) is 33.6 Å². The van der Waals surface area contributed by atoms with Gasteiger partial charge in [-0.25, -0.2) is 9.78 Å². The van der Waals surface area contributed by atoms with E-state index in [1.54, 1.807) is 19.3 Å². The van der Waals surface area contributed by atoms with Crippen LogP contribution in [0.3, 0.4) is 0 Å². The van der Waals surface area contributed by atoms with Gasteiger partial charge in [0.1, 0.15) is 11.1 Å². The number of fused-ring (bicyclic) bond motifs is 1. The minimum atomic E-state index is -0.335. The van der Waals surface area contributed by atoms with Gasteiger partial charge in [0.05, 0.1) is 6.61 Å². The number of ether oxygens (including phenoxy) is 1. The summed E-state index contributed by atoms with van der Waals surface area (Å²) in [4.78, 5) is 29.3. The molecule has 0 aliphatic heterocycles. The molecule has 0 unspecified atom stereocenters. The smallest absolute Gasteiger partial charge is 0.332 e. The number of aryl methyl sites for hydroxylation is 1. The van der Waals surface area contributed by atoms with Gasteiger partial charge in [-0.05, 0) is 24.8 Å². The highest BCUT2D eigenvalue weighted by molar-refractivity contribution is 5.80. The Morgan fingerprint density at radius 1 is 1.32 bits per heavy atom. The minimum absolute atomic E-state index is 0.321. The largest absolute Gasteiger partial charge is 0.493 e. The van der Waals surface area contributed by atoms with Crippen LogP contribution in [0.4, 0.5) is 0 Å². The van der Waals surface area contributed by atoms with E-state index in [9.17, 15) is 9.59 Å². The second-order valence-corrected chi connectivity index (χ2v) is 5.84. The molecule has 0 atom stereocenters. The van der Waals surface area contributed by atoms with Crippen LogP contribution < -0.4 is 16.0 Å². The van der Waals surface area contributed by atoms with E-state index in [1.165, 1.54) is 9.13 Å². The number of rotatable bonds is 6. The van der Waals surface area contributed by atoms with Crippen molar-refractivity contribution in [1.82, 2.24) is 14.1 Å². The number of pyridine rings is 1. The van der Waals surface area contributed by atoms with Crippen LogP contribution in [-0.4, -0.2) is 20.7 Å². The first-order chi connectivity index (χ1) is 10.5. The van der Waals surface area contributed by atoms with Crippen molar-refractivity contribution >= 4 is 11.0 Å². The van der Waals surface area contributed by atoms with E-state index in [4.69, 9.17) is 4.74 Å². The zero-order chi connectivity index (χ0) is 16.3. The molecule has 0 saturated carbocycles. The fourth-order valence-corrected chi connectivity index (χ4v) is 2.30. The first-order valence-corrected chi connectivity index (χ1v) is 7.68. The summed E-state index contributed by atoms with van der Waals surface area (Å²) >= 11 is 0. The summed E-state index contributed by atoms with van der Waals surface area (Å²) in [5.74, 6) is 0.905. The second-order valence-electron chi connectivity index (χ2n) is 5.84. The van der Waals surface area contributed by atoms with Crippen molar-refractivity contribution < 1.29 is 4.74 Å². The zero-order valence-corrected chi connectivity index (χ0v) is 13.6. The van der Waals surface area contributed by atoms with Crippen LogP contribution in [0.2, 0.25) is 0 Å². The van der Waals surface area contributed by atoms with E-state index in [-0.39, 0.29) is 11.2 Å². The van der Waals surface area contributed by atoms with Crippen molar-refractivity contribution in [2.45, 2.75) is 40.2 Å². The van der Waals surface area contributed by atoms with Crippen molar-refractivity contribution in [2.24, 2.45) is 13.0 Å². The maximum absolute atomic E-state index is 12.7. The predicted molar refractivity (Wildman–Crippen MR) is 86.5 cm³/mol. The lowest BCUT2D eigenvalue weighted by molar-refractivity contribution is 0.320. The van der Waals surface area contributed by atoms with Crippen molar-refractivity contribution in [3.63, 3.8) is 0 Å². The summed E-state index contributed by atoms with van der Waals surface area (Å²) in [6.07, 6.45) is 3.17. The highest BCUT2D eigenvalue weighted by atomic mass is 16.5. The Balaban J connectivity index is 2.67. The van der Waals surface area contributed by atoms with Gasteiger partial charge in [0.2, 0.25) is 0 Å². The molecular formula is C16H23N3O3. The Morgan fingerprint density at radius 2 is 2.05 bits per heavy atom. The van der Waals surface area contributed by atoms with Gasteiger partial charge >= 0.3 is 5.69 Å². The number of aromatic nitrogens is 3. The van der Waals surface area contributed by atoms with Crippen molar-refractivity contribution in [3.8, 4) is 5.75 Å². The Kier molecular flexibility index (Phi) is 5.00. The monoisotopic (exact) mass is 305 g/mol. The van der Waals surface area contributed by atoms with Crippen LogP contribution in [0.25, 0.3) is 11.0 Å². The van der Waals surface area contributed by atoms with E-state index in [1.807, 2.05) is 6.92 Å². The van der Waals surface area contributed by atoms with Crippen LogP contribution >= 0.6 is 0 Å². The Labute approximate surface area is 129 Å². The molecule has 120 valence electrons. The second kappa shape index (κ2) is 6.77. The third kappa shape index (κ3) is 3.05. The predicted octanol–water partition coefficient (Wildman–Crippen LogP) is 1.93. The molecule has 2 heterocycles. The summed E-state index contributed by atoms with van der Waals surface area (Å²) in [7, 11) is 1.63. The summed E-state index contributed by atoms with van der Waals surface area (Å²) in [6, 6.07) is 1.68. The van der Waals surface area contributed by atoms with E-state index >= 15 is 0 Å². The van der Waals surface area contributed by atoms with Crippen LogP contribution in [-0.2, 0) is 13.6 Å². The molecule has 2 rings (SSSR count). The maximum Gasteiger partial charge on any atom is 0.332 e. The highest BCUT2D eigenvalue weighted by Crippen LogP contribution is 2.19. The first-order valence-electron chi connectivity index (χ1n) is 7.68. The molecule has 0 N–H and O–H groups in total. The van der Waals surface area contributed by atoms with Crippen LogP contribution in [0, 0.1) is 5.92 Å². The number of hydrogen-bond donors (Lipinski definition) is 0. The average Bonchev–Trinajstić information content (AvgIpc) is 2.50. The molecule has 0 saturated heterocycles. The molecule has 0 aliphatic carbocycles. The lowest BCUT2D eigenvalue weighted by Crippen LogP contribution is -2.39. The van der Waals surface area contributed by atoms with Gasteiger partial charge < -0.3 is 4.74 Å². The van der Waals surface area contributed by atoms with E-state index in [2.05, 4.69) is 18.8 Å². The quantitative estimate of drug-likeness (QED) is 0.818. The van der Waals surface area contributed by atoms with Gasteiger partial charge in [0.15, 0.2) is 5.65 Å². The third-order valence-electron chi connectivity index (χ3n) is 3.58. The zero-order valence-electron chi connectivity index (χ0n) is 13.6. The Bertz CT molecular complexity index is 775. The molecule has 0 bridgehead atoms. The minimum Gasteiger partial charge on any atom is -0.493 e. The molecule has 0 aliphatic rings. The average molecular weight is 305 g/mol. The molecule has 6 nitrogen and oxygen atoms in total. The van der Waals surface area contributed by atoms with Crippen molar-refractivity contribution in [1.29, 1.82) is 0 Å². The molecular weight excluding hydrogens is 282 g/mol. The normalized spacial score (nSPS) is 11.3. The molecule has 0 fully saturated rings. The SMILES string of the molecule is CCCOc1ccnc2c1c(=O)n(CCC(C)C)c(=O)n2C. The molecule has 0 amide bonds. The van der Waals surface area contributed by atoms with Crippen molar-refractivity contribution in [2.75, 3.05) is 6.61 Å². The fourth-order valence-electron chi connectivity index (χ4n) is 2.30. The molecule has 2 aromatic rings. The maximum atomic E-state index is 12.7. The van der Waals surface area contributed by atoms with Gasteiger partial charge in [-0.3, -0.25) is 13.9 Å². The fraction of sp³-hybridized carbons (Fsp3) is 0.562. The first kappa shape index (κ1) is 16.3. The molecule has 0 aromatic carbocycles. The topological polar surface area (TPSA) is 66.1 Å². The molecule has 0 radical (unpaired) electrons.